The molecule has 4 heteroatoms. The molecule has 0 aliphatic rings. The van der Waals surface area contributed by atoms with Crippen molar-refractivity contribution in [1.82, 2.24) is 4.90 Å². The molecule has 100 valence electrons. The van der Waals surface area contributed by atoms with Gasteiger partial charge in [0.15, 0.2) is 6.10 Å². The van der Waals surface area contributed by atoms with E-state index in [0.717, 1.165) is 0 Å². The fourth-order valence-electron chi connectivity index (χ4n) is 1.69. The molecule has 0 heterocycles. The lowest BCUT2D eigenvalue weighted by Crippen LogP contribution is -2.40. The monoisotopic (exact) mass is 253 g/mol. The highest BCUT2D eigenvalue weighted by molar-refractivity contribution is 5.80. The summed E-state index contributed by atoms with van der Waals surface area (Å²) in [7, 11) is 0. The highest BCUT2D eigenvalue weighted by atomic mass is 19.1. The number of ether oxygens (including phenoxy) is 1. The van der Waals surface area contributed by atoms with Crippen molar-refractivity contribution in [1.29, 1.82) is 0 Å². The molecular formula is C14H20FNO2. The second kappa shape index (κ2) is 6.38. The third-order valence-corrected chi connectivity index (χ3v) is 2.88. The van der Waals surface area contributed by atoms with Crippen molar-refractivity contribution in [3.8, 4) is 5.75 Å². The number of benzene rings is 1. The van der Waals surface area contributed by atoms with Crippen molar-refractivity contribution in [2.75, 3.05) is 13.1 Å². The number of carbonyl (C=O) groups excluding carboxylic acids is 1. The molecule has 18 heavy (non-hydrogen) atoms. The largest absolute Gasteiger partial charge is 0.481 e. The molecule has 1 rings (SSSR count). The predicted octanol–water partition coefficient (Wildman–Crippen LogP) is 2.77. The molecule has 0 radical (unpaired) electrons. The highest BCUT2D eigenvalue weighted by Gasteiger charge is 2.19. The van der Waals surface area contributed by atoms with Gasteiger partial charge in [-0.15, -0.1) is 0 Å². The van der Waals surface area contributed by atoms with Crippen molar-refractivity contribution >= 4 is 5.91 Å². The van der Waals surface area contributed by atoms with Crippen LogP contribution >= 0.6 is 0 Å². The van der Waals surface area contributed by atoms with Gasteiger partial charge in [-0.1, -0.05) is 6.07 Å². The molecule has 3 nitrogen and oxygen atoms in total. The van der Waals surface area contributed by atoms with Crippen LogP contribution in [0.15, 0.2) is 18.2 Å². The van der Waals surface area contributed by atoms with Crippen molar-refractivity contribution in [2.45, 2.75) is 33.8 Å². The quantitative estimate of drug-likeness (QED) is 0.807. The summed E-state index contributed by atoms with van der Waals surface area (Å²) in [5, 5.41) is 0. The van der Waals surface area contributed by atoms with E-state index in [2.05, 4.69) is 0 Å². The lowest BCUT2D eigenvalue weighted by atomic mass is 10.2. The molecule has 0 aromatic heterocycles. The van der Waals surface area contributed by atoms with Gasteiger partial charge >= 0.3 is 0 Å². The van der Waals surface area contributed by atoms with Crippen LogP contribution in [-0.2, 0) is 4.79 Å². The van der Waals surface area contributed by atoms with Gasteiger partial charge in [0, 0.05) is 19.2 Å². The minimum Gasteiger partial charge on any atom is -0.481 e. The standard InChI is InChI=1S/C14H20FNO2/c1-5-16(6-2)14(17)11(4)18-12-8-7-10(3)13(15)9-12/h7-9,11H,5-6H2,1-4H3. The summed E-state index contributed by atoms with van der Waals surface area (Å²) >= 11 is 0. The fourth-order valence-corrected chi connectivity index (χ4v) is 1.69. The highest BCUT2D eigenvalue weighted by Crippen LogP contribution is 2.17. The Balaban J connectivity index is 2.71. The Kier molecular flexibility index (Phi) is 5.13. The lowest BCUT2D eigenvalue weighted by Gasteiger charge is -2.23. The van der Waals surface area contributed by atoms with Crippen molar-refractivity contribution < 1.29 is 13.9 Å². The normalized spacial score (nSPS) is 12.1. The number of nitrogens with zero attached hydrogens (tertiary/aromatic N) is 1. The third-order valence-electron chi connectivity index (χ3n) is 2.88. The first kappa shape index (κ1) is 14.5. The van der Waals surface area contributed by atoms with Gasteiger partial charge in [0.2, 0.25) is 0 Å². The minimum atomic E-state index is -0.605. The van der Waals surface area contributed by atoms with Crippen LogP contribution in [0.4, 0.5) is 4.39 Å². The first-order chi connectivity index (χ1) is 8.49. The maximum absolute atomic E-state index is 13.3. The van der Waals surface area contributed by atoms with E-state index in [9.17, 15) is 9.18 Å². The SMILES string of the molecule is CCN(CC)C(=O)C(C)Oc1ccc(C)c(F)c1. The van der Waals surface area contributed by atoms with E-state index in [0.29, 0.717) is 24.4 Å². The summed E-state index contributed by atoms with van der Waals surface area (Å²) < 4.78 is 18.8. The maximum Gasteiger partial charge on any atom is 0.263 e. The molecule has 1 unspecified atom stereocenters. The molecule has 0 aliphatic heterocycles. The molecule has 0 aliphatic carbocycles. The predicted molar refractivity (Wildman–Crippen MR) is 69.2 cm³/mol. The zero-order valence-corrected chi connectivity index (χ0v) is 11.4. The average Bonchev–Trinajstić information content (AvgIpc) is 2.35. The Bertz CT molecular complexity index is 416. The molecule has 0 saturated heterocycles. The Hall–Kier alpha value is -1.58. The van der Waals surface area contributed by atoms with E-state index in [4.69, 9.17) is 4.74 Å². The summed E-state index contributed by atoms with van der Waals surface area (Å²) in [6.07, 6.45) is -0.605. The molecule has 0 spiro atoms. The van der Waals surface area contributed by atoms with Crippen LogP contribution in [0.1, 0.15) is 26.3 Å². The first-order valence-electron chi connectivity index (χ1n) is 6.21. The van der Waals surface area contributed by atoms with E-state index >= 15 is 0 Å². The third kappa shape index (κ3) is 3.45. The second-order valence-corrected chi connectivity index (χ2v) is 4.18. The van der Waals surface area contributed by atoms with Crippen LogP contribution in [0.25, 0.3) is 0 Å². The van der Waals surface area contributed by atoms with Crippen LogP contribution in [0.2, 0.25) is 0 Å². The van der Waals surface area contributed by atoms with Gasteiger partial charge < -0.3 is 9.64 Å². The molecule has 0 bridgehead atoms. The van der Waals surface area contributed by atoms with Crippen LogP contribution < -0.4 is 4.74 Å². The van der Waals surface area contributed by atoms with E-state index in [1.54, 1.807) is 30.9 Å². The van der Waals surface area contributed by atoms with E-state index < -0.39 is 6.10 Å². The van der Waals surface area contributed by atoms with Crippen molar-refractivity contribution in [3.63, 3.8) is 0 Å². The van der Waals surface area contributed by atoms with E-state index in [-0.39, 0.29) is 11.7 Å². The zero-order valence-electron chi connectivity index (χ0n) is 11.4. The molecule has 0 fully saturated rings. The van der Waals surface area contributed by atoms with Gasteiger partial charge in [-0.3, -0.25) is 4.79 Å². The Morgan fingerprint density at radius 3 is 2.50 bits per heavy atom. The van der Waals surface area contributed by atoms with Gasteiger partial charge in [-0.25, -0.2) is 4.39 Å². The Morgan fingerprint density at radius 1 is 1.39 bits per heavy atom. The molecule has 1 atom stereocenters. The molecule has 0 saturated carbocycles. The molecule has 1 aromatic rings. The van der Waals surface area contributed by atoms with Gasteiger partial charge in [0.05, 0.1) is 0 Å². The molecule has 0 N–H and O–H groups in total. The first-order valence-corrected chi connectivity index (χ1v) is 6.21. The minimum absolute atomic E-state index is 0.0824. The summed E-state index contributed by atoms with van der Waals surface area (Å²) in [5.41, 5.74) is 0.560. The number of carbonyl (C=O) groups is 1. The summed E-state index contributed by atoms with van der Waals surface area (Å²) in [5.74, 6) is -0.0259. The van der Waals surface area contributed by atoms with Gasteiger partial charge in [-0.2, -0.15) is 0 Å². The summed E-state index contributed by atoms with van der Waals surface area (Å²) in [6, 6.07) is 4.62. The van der Waals surface area contributed by atoms with Gasteiger partial charge in [0.25, 0.3) is 5.91 Å². The number of amides is 1. The van der Waals surface area contributed by atoms with E-state index in [1.807, 2.05) is 13.8 Å². The smallest absolute Gasteiger partial charge is 0.263 e. The lowest BCUT2D eigenvalue weighted by molar-refractivity contribution is -0.137. The summed E-state index contributed by atoms with van der Waals surface area (Å²) in [4.78, 5) is 13.7. The van der Waals surface area contributed by atoms with Gasteiger partial charge in [-0.05, 0) is 39.3 Å². The molecular weight excluding hydrogens is 233 g/mol. The maximum atomic E-state index is 13.3. The number of halogens is 1. The Labute approximate surface area is 108 Å². The van der Waals surface area contributed by atoms with Crippen LogP contribution in [-0.4, -0.2) is 30.0 Å². The fraction of sp³-hybridized carbons (Fsp3) is 0.500. The number of aryl methyl sites for hydroxylation is 1. The number of hydrogen-bond donors (Lipinski definition) is 0. The average molecular weight is 253 g/mol. The topological polar surface area (TPSA) is 29.5 Å². The van der Waals surface area contributed by atoms with Gasteiger partial charge in [0.1, 0.15) is 11.6 Å². The number of rotatable bonds is 5. The van der Waals surface area contributed by atoms with Crippen LogP contribution in [0, 0.1) is 12.7 Å². The molecule has 1 aromatic carbocycles. The van der Waals surface area contributed by atoms with Crippen LogP contribution in [0.5, 0.6) is 5.75 Å². The van der Waals surface area contributed by atoms with Crippen molar-refractivity contribution in [2.24, 2.45) is 0 Å². The van der Waals surface area contributed by atoms with Crippen molar-refractivity contribution in [3.05, 3.63) is 29.6 Å². The Morgan fingerprint density at radius 2 is 2.00 bits per heavy atom. The second-order valence-electron chi connectivity index (χ2n) is 4.18. The zero-order chi connectivity index (χ0) is 13.7. The number of hydrogen-bond acceptors (Lipinski definition) is 2. The summed E-state index contributed by atoms with van der Waals surface area (Å²) in [6.45, 7) is 8.48. The van der Waals surface area contributed by atoms with Crippen LogP contribution in [0.3, 0.4) is 0 Å². The van der Waals surface area contributed by atoms with E-state index in [1.165, 1.54) is 6.07 Å². The molecule has 1 amide bonds. The number of likely N-dealkylation sites (N-methyl/N-ethyl adjacent to an activating group) is 1.